The Morgan fingerprint density at radius 1 is 1.29 bits per heavy atom. The van der Waals surface area contributed by atoms with Crippen LogP contribution in [0.1, 0.15) is 24.8 Å². The molecule has 1 aromatic heterocycles. The van der Waals surface area contributed by atoms with Crippen LogP contribution in [0.4, 0.5) is 0 Å². The fourth-order valence-corrected chi connectivity index (χ4v) is 1.71. The van der Waals surface area contributed by atoms with Crippen LogP contribution in [0.25, 0.3) is 11.5 Å². The molecule has 1 aromatic carbocycles. The first kappa shape index (κ1) is 11.9. The normalized spacial score (nSPS) is 12.6. The Kier molecular flexibility index (Phi) is 3.59. The highest BCUT2D eigenvalue weighted by Gasteiger charge is 2.11. The van der Waals surface area contributed by atoms with Crippen molar-refractivity contribution in [3.8, 4) is 11.5 Å². The molecule has 1 heterocycles. The van der Waals surface area contributed by atoms with Crippen LogP contribution in [0.15, 0.2) is 34.7 Å². The van der Waals surface area contributed by atoms with Crippen LogP contribution in [-0.4, -0.2) is 16.2 Å². The number of hydrogen-bond donors (Lipinski definition) is 1. The number of benzene rings is 1. The van der Waals surface area contributed by atoms with E-state index in [1.165, 1.54) is 0 Å². The van der Waals surface area contributed by atoms with Crippen molar-refractivity contribution in [2.24, 2.45) is 0 Å². The monoisotopic (exact) mass is 231 g/mol. The summed E-state index contributed by atoms with van der Waals surface area (Å²) in [5.74, 6) is 1.49. The van der Waals surface area contributed by atoms with Crippen LogP contribution >= 0.6 is 0 Å². The summed E-state index contributed by atoms with van der Waals surface area (Å²) in [6.07, 6.45) is 1.16. The van der Waals surface area contributed by atoms with Crippen LogP contribution in [0.3, 0.4) is 0 Å². The van der Waals surface area contributed by atoms with Gasteiger partial charge in [-0.1, -0.05) is 18.2 Å². The first-order valence-corrected chi connectivity index (χ1v) is 5.86. The number of aliphatic hydroxyl groups is 1. The van der Waals surface area contributed by atoms with Gasteiger partial charge in [0, 0.05) is 5.56 Å². The van der Waals surface area contributed by atoms with Gasteiger partial charge in [-0.2, -0.15) is 0 Å². The van der Waals surface area contributed by atoms with Gasteiger partial charge in [-0.3, -0.25) is 0 Å². The summed E-state index contributed by atoms with van der Waals surface area (Å²) < 4.78 is 5.64. The minimum absolute atomic E-state index is 0.300. The van der Waals surface area contributed by atoms with Gasteiger partial charge in [0.15, 0.2) is 0 Å². The summed E-state index contributed by atoms with van der Waals surface area (Å²) in [6, 6.07) is 9.84. The molecule has 2 aromatic rings. The van der Waals surface area contributed by atoms with Crippen molar-refractivity contribution >= 4 is 0 Å². The van der Waals surface area contributed by atoms with Gasteiger partial charge in [0.2, 0.25) is 5.89 Å². The molecule has 0 aliphatic rings. The van der Waals surface area contributed by atoms with Crippen molar-refractivity contribution in [2.45, 2.75) is 32.8 Å². The molecular formula is C14H17NO2. The van der Waals surface area contributed by atoms with E-state index in [1.807, 2.05) is 37.3 Å². The number of aromatic nitrogens is 1. The van der Waals surface area contributed by atoms with Crippen LogP contribution in [0.2, 0.25) is 0 Å². The fraction of sp³-hybridized carbons (Fsp3) is 0.357. The van der Waals surface area contributed by atoms with Gasteiger partial charge < -0.3 is 9.52 Å². The largest absolute Gasteiger partial charge is 0.441 e. The molecule has 0 radical (unpaired) electrons. The van der Waals surface area contributed by atoms with E-state index in [4.69, 9.17) is 4.42 Å². The van der Waals surface area contributed by atoms with Gasteiger partial charge in [0.1, 0.15) is 5.76 Å². The Bertz CT molecular complexity index is 474. The van der Waals surface area contributed by atoms with Crippen LogP contribution in [-0.2, 0) is 6.42 Å². The molecule has 1 atom stereocenters. The zero-order valence-corrected chi connectivity index (χ0v) is 10.2. The Hall–Kier alpha value is -1.61. The molecule has 0 bridgehead atoms. The van der Waals surface area contributed by atoms with Crippen molar-refractivity contribution in [3.63, 3.8) is 0 Å². The minimum Gasteiger partial charge on any atom is -0.441 e. The quantitative estimate of drug-likeness (QED) is 0.880. The molecule has 2 rings (SSSR count). The molecule has 0 aliphatic heterocycles. The maximum absolute atomic E-state index is 9.27. The highest BCUT2D eigenvalue weighted by atomic mass is 16.4. The molecule has 1 unspecified atom stereocenters. The van der Waals surface area contributed by atoms with Gasteiger partial charge in [0.25, 0.3) is 0 Å². The Morgan fingerprint density at radius 2 is 2.00 bits per heavy atom. The van der Waals surface area contributed by atoms with Crippen molar-refractivity contribution in [1.29, 1.82) is 0 Å². The van der Waals surface area contributed by atoms with E-state index < -0.39 is 0 Å². The van der Waals surface area contributed by atoms with E-state index in [1.54, 1.807) is 6.92 Å². The topological polar surface area (TPSA) is 46.3 Å². The maximum Gasteiger partial charge on any atom is 0.226 e. The highest BCUT2D eigenvalue weighted by Crippen LogP contribution is 2.22. The zero-order chi connectivity index (χ0) is 12.3. The lowest BCUT2D eigenvalue weighted by Crippen LogP contribution is -2.02. The van der Waals surface area contributed by atoms with E-state index in [2.05, 4.69) is 4.98 Å². The zero-order valence-electron chi connectivity index (χ0n) is 10.2. The summed E-state index contributed by atoms with van der Waals surface area (Å²) in [7, 11) is 0. The second-order valence-corrected chi connectivity index (χ2v) is 4.28. The van der Waals surface area contributed by atoms with E-state index in [0.29, 0.717) is 12.3 Å². The molecule has 1 N–H and O–H groups in total. The molecule has 0 amide bonds. The average molecular weight is 231 g/mol. The summed E-state index contributed by atoms with van der Waals surface area (Å²) >= 11 is 0. The molecular weight excluding hydrogens is 214 g/mol. The first-order valence-electron chi connectivity index (χ1n) is 5.86. The van der Waals surface area contributed by atoms with Gasteiger partial charge in [-0.05, 0) is 38.8 Å². The Balaban J connectivity index is 2.19. The van der Waals surface area contributed by atoms with Gasteiger partial charge in [-0.25, -0.2) is 4.98 Å². The average Bonchev–Trinajstić information content (AvgIpc) is 2.69. The van der Waals surface area contributed by atoms with Crippen LogP contribution < -0.4 is 0 Å². The van der Waals surface area contributed by atoms with Gasteiger partial charge in [-0.15, -0.1) is 0 Å². The van der Waals surface area contributed by atoms with E-state index in [0.717, 1.165) is 23.4 Å². The molecule has 17 heavy (non-hydrogen) atoms. The number of hydrogen-bond acceptors (Lipinski definition) is 3. The lowest BCUT2D eigenvalue weighted by atomic mass is 10.1. The number of rotatable bonds is 4. The van der Waals surface area contributed by atoms with E-state index >= 15 is 0 Å². The summed E-state index contributed by atoms with van der Waals surface area (Å²) in [6.45, 7) is 3.70. The number of nitrogens with zero attached hydrogens (tertiary/aromatic N) is 1. The van der Waals surface area contributed by atoms with Crippen LogP contribution in [0, 0.1) is 6.92 Å². The fourth-order valence-electron chi connectivity index (χ4n) is 1.71. The maximum atomic E-state index is 9.27. The predicted molar refractivity (Wildman–Crippen MR) is 66.7 cm³/mol. The predicted octanol–water partition coefficient (Wildman–Crippen LogP) is 2.96. The lowest BCUT2D eigenvalue weighted by molar-refractivity contribution is 0.184. The molecule has 0 saturated heterocycles. The van der Waals surface area contributed by atoms with E-state index in [-0.39, 0.29) is 6.10 Å². The second kappa shape index (κ2) is 5.15. The highest BCUT2D eigenvalue weighted by molar-refractivity contribution is 5.53. The molecule has 0 saturated carbocycles. The van der Waals surface area contributed by atoms with Crippen molar-refractivity contribution in [1.82, 2.24) is 4.98 Å². The van der Waals surface area contributed by atoms with Crippen molar-refractivity contribution in [3.05, 3.63) is 41.8 Å². The second-order valence-electron chi connectivity index (χ2n) is 4.28. The number of oxazole rings is 1. The van der Waals surface area contributed by atoms with Gasteiger partial charge >= 0.3 is 0 Å². The smallest absolute Gasteiger partial charge is 0.226 e. The minimum atomic E-state index is -0.300. The molecule has 0 fully saturated rings. The summed E-state index contributed by atoms with van der Waals surface area (Å²) in [5, 5.41) is 9.27. The van der Waals surface area contributed by atoms with Crippen LogP contribution in [0.5, 0.6) is 0 Å². The standard InChI is InChI=1S/C14H17NO2/c1-10(16)8-9-13-11(2)17-14(15-13)12-6-4-3-5-7-12/h3-7,10,16H,8-9H2,1-2H3. The third kappa shape index (κ3) is 2.94. The van der Waals surface area contributed by atoms with Crippen molar-refractivity contribution < 1.29 is 9.52 Å². The number of aryl methyl sites for hydroxylation is 2. The third-order valence-corrected chi connectivity index (χ3v) is 2.71. The molecule has 0 spiro atoms. The molecule has 3 heteroatoms. The lowest BCUT2D eigenvalue weighted by Gasteiger charge is -2.00. The Morgan fingerprint density at radius 3 is 2.65 bits per heavy atom. The van der Waals surface area contributed by atoms with E-state index in [9.17, 15) is 5.11 Å². The van der Waals surface area contributed by atoms with Gasteiger partial charge in [0.05, 0.1) is 11.8 Å². The number of aliphatic hydroxyl groups excluding tert-OH is 1. The molecule has 90 valence electrons. The van der Waals surface area contributed by atoms with Crippen molar-refractivity contribution in [2.75, 3.05) is 0 Å². The Labute approximate surface area is 101 Å². The molecule has 0 aliphatic carbocycles. The molecule has 3 nitrogen and oxygen atoms in total. The third-order valence-electron chi connectivity index (χ3n) is 2.71. The summed E-state index contributed by atoms with van der Waals surface area (Å²) in [4.78, 5) is 4.47. The SMILES string of the molecule is Cc1oc(-c2ccccc2)nc1CCC(C)O. The first-order chi connectivity index (χ1) is 8.16. The summed E-state index contributed by atoms with van der Waals surface area (Å²) in [5.41, 5.74) is 1.92.